The standard InChI is InChI=1S/C14H20N2O2/c1-10(17)16-13-5-6-14(18-2)11(9-13)7-8-15-12-3-4-12/h5-6,9,12,15H,3-4,7-8H2,1-2H3,(H,16,17). The fourth-order valence-corrected chi connectivity index (χ4v) is 1.95. The lowest BCUT2D eigenvalue weighted by Crippen LogP contribution is -2.19. The van der Waals surface area contributed by atoms with Crippen molar-refractivity contribution in [3.05, 3.63) is 23.8 Å². The minimum Gasteiger partial charge on any atom is -0.496 e. The van der Waals surface area contributed by atoms with Gasteiger partial charge >= 0.3 is 0 Å². The van der Waals surface area contributed by atoms with Gasteiger partial charge in [0, 0.05) is 18.7 Å². The third-order valence-electron chi connectivity index (χ3n) is 3.01. The van der Waals surface area contributed by atoms with Crippen LogP contribution in [0.3, 0.4) is 0 Å². The van der Waals surface area contributed by atoms with Crippen molar-refractivity contribution in [1.82, 2.24) is 5.32 Å². The molecule has 0 atom stereocenters. The molecule has 0 bridgehead atoms. The molecule has 4 heteroatoms. The Labute approximate surface area is 108 Å². The Morgan fingerprint density at radius 1 is 1.44 bits per heavy atom. The largest absolute Gasteiger partial charge is 0.496 e. The van der Waals surface area contributed by atoms with E-state index in [0.717, 1.165) is 36.0 Å². The van der Waals surface area contributed by atoms with Crippen LogP contribution in [0, 0.1) is 0 Å². The summed E-state index contributed by atoms with van der Waals surface area (Å²) in [6.45, 7) is 2.46. The van der Waals surface area contributed by atoms with Gasteiger partial charge in [-0.2, -0.15) is 0 Å². The van der Waals surface area contributed by atoms with Gasteiger partial charge in [-0.15, -0.1) is 0 Å². The maximum absolute atomic E-state index is 11.0. The van der Waals surface area contributed by atoms with E-state index in [1.54, 1.807) is 7.11 Å². The Morgan fingerprint density at radius 3 is 2.83 bits per heavy atom. The summed E-state index contributed by atoms with van der Waals surface area (Å²) in [6, 6.07) is 6.46. The van der Waals surface area contributed by atoms with Gasteiger partial charge in [-0.1, -0.05) is 0 Å². The lowest BCUT2D eigenvalue weighted by atomic mass is 10.1. The molecule has 0 spiro atoms. The average molecular weight is 248 g/mol. The third kappa shape index (κ3) is 3.74. The zero-order chi connectivity index (χ0) is 13.0. The van der Waals surface area contributed by atoms with Crippen LogP contribution in [0.15, 0.2) is 18.2 Å². The van der Waals surface area contributed by atoms with Gasteiger partial charge in [0.15, 0.2) is 0 Å². The van der Waals surface area contributed by atoms with E-state index in [0.29, 0.717) is 0 Å². The second-order valence-corrected chi connectivity index (χ2v) is 4.69. The summed E-state index contributed by atoms with van der Waals surface area (Å²) < 4.78 is 5.34. The Morgan fingerprint density at radius 2 is 2.22 bits per heavy atom. The van der Waals surface area contributed by atoms with Gasteiger partial charge in [-0.3, -0.25) is 4.79 Å². The summed E-state index contributed by atoms with van der Waals surface area (Å²) in [4.78, 5) is 11.0. The molecular formula is C14H20N2O2. The van der Waals surface area contributed by atoms with Gasteiger partial charge in [-0.25, -0.2) is 0 Å². The smallest absolute Gasteiger partial charge is 0.221 e. The zero-order valence-corrected chi connectivity index (χ0v) is 11.0. The van der Waals surface area contributed by atoms with E-state index in [1.165, 1.54) is 19.8 Å². The summed E-state index contributed by atoms with van der Waals surface area (Å²) in [6.07, 6.45) is 3.50. The van der Waals surface area contributed by atoms with Crippen LogP contribution in [0.4, 0.5) is 5.69 Å². The molecule has 1 amide bonds. The highest BCUT2D eigenvalue weighted by Gasteiger charge is 2.19. The first kappa shape index (κ1) is 12.9. The van der Waals surface area contributed by atoms with Crippen molar-refractivity contribution in [2.75, 3.05) is 19.0 Å². The van der Waals surface area contributed by atoms with Crippen LogP contribution in [-0.4, -0.2) is 25.6 Å². The average Bonchev–Trinajstić information content (AvgIpc) is 3.13. The van der Waals surface area contributed by atoms with Gasteiger partial charge in [0.05, 0.1) is 7.11 Å². The number of carbonyl (C=O) groups is 1. The lowest BCUT2D eigenvalue weighted by molar-refractivity contribution is -0.114. The van der Waals surface area contributed by atoms with Crippen LogP contribution < -0.4 is 15.4 Å². The van der Waals surface area contributed by atoms with Crippen LogP contribution in [0.25, 0.3) is 0 Å². The van der Waals surface area contributed by atoms with Gasteiger partial charge in [0.1, 0.15) is 5.75 Å². The van der Waals surface area contributed by atoms with E-state index in [4.69, 9.17) is 4.74 Å². The summed E-state index contributed by atoms with van der Waals surface area (Å²) in [5.74, 6) is 0.823. The van der Waals surface area contributed by atoms with Gasteiger partial charge in [0.2, 0.25) is 5.91 Å². The molecule has 2 rings (SSSR count). The predicted octanol–water partition coefficient (Wildman–Crippen LogP) is 1.95. The van der Waals surface area contributed by atoms with E-state index in [9.17, 15) is 4.79 Å². The minimum absolute atomic E-state index is 0.0535. The van der Waals surface area contributed by atoms with Crippen LogP contribution in [-0.2, 0) is 11.2 Å². The number of ether oxygens (including phenoxy) is 1. The number of amides is 1. The number of hydrogen-bond donors (Lipinski definition) is 2. The van der Waals surface area contributed by atoms with E-state index >= 15 is 0 Å². The van der Waals surface area contributed by atoms with Crippen LogP contribution in [0.1, 0.15) is 25.3 Å². The van der Waals surface area contributed by atoms with Crippen molar-refractivity contribution >= 4 is 11.6 Å². The Hall–Kier alpha value is -1.55. The highest BCUT2D eigenvalue weighted by atomic mass is 16.5. The Balaban J connectivity index is 2.00. The SMILES string of the molecule is COc1ccc(NC(C)=O)cc1CCNC1CC1. The summed E-state index contributed by atoms with van der Waals surface area (Å²) >= 11 is 0. The fourth-order valence-electron chi connectivity index (χ4n) is 1.95. The molecule has 18 heavy (non-hydrogen) atoms. The van der Waals surface area contributed by atoms with Crippen molar-refractivity contribution in [2.24, 2.45) is 0 Å². The monoisotopic (exact) mass is 248 g/mol. The second kappa shape index (κ2) is 5.87. The minimum atomic E-state index is -0.0535. The molecule has 1 fully saturated rings. The molecule has 0 aromatic heterocycles. The van der Waals surface area contributed by atoms with Gasteiger partial charge < -0.3 is 15.4 Å². The zero-order valence-electron chi connectivity index (χ0n) is 11.0. The first-order valence-electron chi connectivity index (χ1n) is 6.37. The molecule has 2 N–H and O–H groups in total. The number of methoxy groups -OCH3 is 1. The first-order valence-corrected chi connectivity index (χ1v) is 6.37. The highest BCUT2D eigenvalue weighted by Crippen LogP contribution is 2.24. The number of anilines is 1. The van der Waals surface area contributed by atoms with E-state index in [-0.39, 0.29) is 5.91 Å². The van der Waals surface area contributed by atoms with Crippen LogP contribution in [0.2, 0.25) is 0 Å². The molecule has 1 aliphatic rings. The number of nitrogens with one attached hydrogen (secondary N) is 2. The van der Waals surface area contributed by atoms with Crippen molar-refractivity contribution in [2.45, 2.75) is 32.2 Å². The number of rotatable bonds is 6. The number of hydrogen-bond acceptors (Lipinski definition) is 3. The molecule has 0 radical (unpaired) electrons. The van der Waals surface area contributed by atoms with Crippen molar-refractivity contribution in [3.63, 3.8) is 0 Å². The summed E-state index contributed by atoms with van der Waals surface area (Å²) in [5.41, 5.74) is 1.95. The molecule has 98 valence electrons. The van der Waals surface area contributed by atoms with Crippen molar-refractivity contribution in [3.8, 4) is 5.75 Å². The molecular weight excluding hydrogens is 228 g/mol. The van der Waals surface area contributed by atoms with Gasteiger partial charge in [-0.05, 0) is 49.6 Å². The molecule has 1 aromatic carbocycles. The predicted molar refractivity (Wildman–Crippen MR) is 72.0 cm³/mol. The quantitative estimate of drug-likeness (QED) is 0.809. The molecule has 0 heterocycles. The molecule has 1 saturated carbocycles. The summed E-state index contributed by atoms with van der Waals surface area (Å²) in [7, 11) is 1.67. The number of carbonyl (C=O) groups excluding carboxylic acids is 1. The molecule has 4 nitrogen and oxygen atoms in total. The molecule has 0 saturated heterocycles. The maximum atomic E-state index is 11.0. The third-order valence-corrected chi connectivity index (χ3v) is 3.01. The lowest BCUT2D eigenvalue weighted by Gasteiger charge is -2.11. The van der Waals surface area contributed by atoms with Crippen molar-refractivity contribution in [1.29, 1.82) is 0 Å². The second-order valence-electron chi connectivity index (χ2n) is 4.69. The van der Waals surface area contributed by atoms with Crippen LogP contribution >= 0.6 is 0 Å². The highest BCUT2D eigenvalue weighted by molar-refractivity contribution is 5.88. The fraction of sp³-hybridized carbons (Fsp3) is 0.500. The van der Waals surface area contributed by atoms with Crippen molar-refractivity contribution < 1.29 is 9.53 Å². The summed E-state index contributed by atoms with van der Waals surface area (Å²) in [5, 5.41) is 6.27. The molecule has 0 aliphatic heterocycles. The number of benzene rings is 1. The van der Waals surface area contributed by atoms with Crippen LogP contribution in [0.5, 0.6) is 5.75 Å². The van der Waals surface area contributed by atoms with E-state index < -0.39 is 0 Å². The van der Waals surface area contributed by atoms with E-state index in [1.807, 2.05) is 18.2 Å². The van der Waals surface area contributed by atoms with E-state index in [2.05, 4.69) is 10.6 Å². The molecule has 1 aliphatic carbocycles. The maximum Gasteiger partial charge on any atom is 0.221 e. The molecule has 1 aromatic rings. The topological polar surface area (TPSA) is 50.4 Å². The normalized spacial score (nSPS) is 14.3. The first-order chi connectivity index (χ1) is 8.69. The van der Waals surface area contributed by atoms with Gasteiger partial charge in [0.25, 0.3) is 0 Å². The molecule has 0 unspecified atom stereocenters. The Kier molecular flexibility index (Phi) is 4.20. The Bertz CT molecular complexity index is 428.